The molecule has 0 unspecified atom stereocenters. The summed E-state index contributed by atoms with van der Waals surface area (Å²) in [5.41, 5.74) is 1.04. The number of benzene rings is 1. The Hall–Kier alpha value is -1.84. The zero-order valence-electron chi connectivity index (χ0n) is 13.3. The summed E-state index contributed by atoms with van der Waals surface area (Å²) >= 11 is 0. The van der Waals surface area contributed by atoms with Crippen LogP contribution in [0.2, 0.25) is 0 Å². The molecule has 0 fully saturated rings. The van der Waals surface area contributed by atoms with E-state index in [0.717, 1.165) is 12.0 Å². The molecule has 2 amide bonds. The van der Waals surface area contributed by atoms with Crippen LogP contribution in [0.15, 0.2) is 30.3 Å². The number of hydrogen-bond acceptors (Lipinski definition) is 2. The number of nitrogens with one attached hydrogen (secondary N) is 1. The maximum Gasteiger partial charge on any atom is 0.242 e. The van der Waals surface area contributed by atoms with E-state index in [2.05, 4.69) is 5.32 Å². The van der Waals surface area contributed by atoms with Crippen molar-refractivity contribution in [2.24, 2.45) is 0 Å². The van der Waals surface area contributed by atoms with Gasteiger partial charge in [0.1, 0.15) is 6.04 Å². The van der Waals surface area contributed by atoms with Gasteiger partial charge in [-0.2, -0.15) is 0 Å². The van der Waals surface area contributed by atoms with Gasteiger partial charge in [-0.1, -0.05) is 51.1 Å². The average Bonchev–Trinajstić information content (AvgIpc) is 2.52. The molecule has 1 rings (SSSR count). The second-order valence-electron chi connectivity index (χ2n) is 5.08. The van der Waals surface area contributed by atoms with Crippen LogP contribution in [0.5, 0.6) is 0 Å². The first-order chi connectivity index (χ1) is 10.1. The molecule has 1 aromatic rings. The van der Waals surface area contributed by atoms with E-state index in [-0.39, 0.29) is 11.8 Å². The fourth-order valence-corrected chi connectivity index (χ4v) is 2.27. The van der Waals surface area contributed by atoms with Crippen molar-refractivity contribution in [1.82, 2.24) is 10.2 Å². The molecule has 0 bridgehead atoms. The van der Waals surface area contributed by atoms with E-state index in [0.29, 0.717) is 25.9 Å². The molecule has 21 heavy (non-hydrogen) atoms. The van der Waals surface area contributed by atoms with Gasteiger partial charge in [0.05, 0.1) is 0 Å². The minimum atomic E-state index is -0.399. The van der Waals surface area contributed by atoms with E-state index < -0.39 is 6.04 Å². The number of carbonyl (C=O) groups excluding carboxylic acids is 2. The molecule has 1 N–H and O–H groups in total. The average molecular weight is 290 g/mol. The first-order valence-corrected chi connectivity index (χ1v) is 7.75. The van der Waals surface area contributed by atoms with Gasteiger partial charge >= 0.3 is 0 Å². The molecule has 0 radical (unpaired) electrons. The van der Waals surface area contributed by atoms with E-state index in [1.807, 2.05) is 51.1 Å². The predicted molar refractivity (Wildman–Crippen MR) is 84.7 cm³/mol. The van der Waals surface area contributed by atoms with Gasteiger partial charge in [0.2, 0.25) is 11.8 Å². The number of rotatable bonds is 8. The van der Waals surface area contributed by atoms with Gasteiger partial charge in [-0.25, -0.2) is 0 Å². The van der Waals surface area contributed by atoms with E-state index >= 15 is 0 Å². The highest BCUT2D eigenvalue weighted by atomic mass is 16.2. The molecule has 4 nitrogen and oxygen atoms in total. The fraction of sp³-hybridized carbons (Fsp3) is 0.529. The Labute approximate surface area is 127 Å². The molecule has 1 atom stereocenters. The lowest BCUT2D eigenvalue weighted by Gasteiger charge is -2.30. The van der Waals surface area contributed by atoms with Gasteiger partial charge in [-0.05, 0) is 18.4 Å². The SMILES string of the molecule is CCCNC(=O)[C@@H](CC)N(Cc1ccccc1)C(=O)CC. The van der Waals surface area contributed by atoms with Gasteiger partial charge in [-0.3, -0.25) is 9.59 Å². The Morgan fingerprint density at radius 3 is 2.33 bits per heavy atom. The molecule has 116 valence electrons. The third kappa shape index (κ3) is 5.21. The van der Waals surface area contributed by atoms with Crippen molar-refractivity contribution >= 4 is 11.8 Å². The van der Waals surface area contributed by atoms with Crippen LogP contribution in [-0.2, 0) is 16.1 Å². The van der Waals surface area contributed by atoms with Gasteiger partial charge in [0.25, 0.3) is 0 Å². The van der Waals surface area contributed by atoms with Crippen molar-refractivity contribution in [2.45, 2.75) is 52.6 Å². The Bertz CT molecular complexity index is 445. The van der Waals surface area contributed by atoms with Crippen LogP contribution >= 0.6 is 0 Å². The summed E-state index contributed by atoms with van der Waals surface area (Å²) in [5, 5.41) is 2.90. The van der Waals surface area contributed by atoms with E-state index in [4.69, 9.17) is 0 Å². The number of nitrogens with zero attached hydrogens (tertiary/aromatic N) is 1. The highest BCUT2D eigenvalue weighted by Gasteiger charge is 2.27. The lowest BCUT2D eigenvalue weighted by molar-refractivity contribution is -0.141. The zero-order valence-corrected chi connectivity index (χ0v) is 13.3. The second-order valence-corrected chi connectivity index (χ2v) is 5.08. The molecular formula is C17H26N2O2. The second kappa shape index (κ2) is 9.16. The van der Waals surface area contributed by atoms with Crippen molar-refractivity contribution in [3.8, 4) is 0 Å². The third-order valence-electron chi connectivity index (χ3n) is 3.43. The van der Waals surface area contributed by atoms with E-state index in [9.17, 15) is 9.59 Å². The van der Waals surface area contributed by atoms with E-state index in [1.54, 1.807) is 4.90 Å². The van der Waals surface area contributed by atoms with Gasteiger partial charge in [0.15, 0.2) is 0 Å². The summed E-state index contributed by atoms with van der Waals surface area (Å²) in [6.07, 6.45) is 1.92. The van der Waals surface area contributed by atoms with Gasteiger partial charge in [-0.15, -0.1) is 0 Å². The summed E-state index contributed by atoms with van der Waals surface area (Å²) in [6, 6.07) is 9.40. The molecule has 0 saturated heterocycles. The summed E-state index contributed by atoms with van der Waals surface area (Å²) < 4.78 is 0. The van der Waals surface area contributed by atoms with Crippen LogP contribution < -0.4 is 5.32 Å². The van der Waals surface area contributed by atoms with Crippen molar-refractivity contribution in [1.29, 1.82) is 0 Å². The summed E-state index contributed by atoms with van der Waals surface area (Å²) in [7, 11) is 0. The summed E-state index contributed by atoms with van der Waals surface area (Å²) in [6.45, 7) is 6.91. The van der Waals surface area contributed by atoms with Crippen molar-refractivity contribution < 1.29 is 9.59 Å². The predicted octanol–water partition coefficient (Wildman–Crippen LogP) is 2.73. The lowest BCUT2D eigenvalue weighted by Crippen LogP contribution is -2.49. The van der Waals surface area contributed by atoms with Crippen LogP contribution in [0.4, 0.5) is 0 Å². The Morgan fingerprint density at radius 2 is 1.81 bits per heavy atom. The van der Waals surface area contributed by atoms with E-state index in [1.165, 1.54) is 0 Å². The zero-order chi connectivity index (χ0) is 15.7. The topological polar surface area (TPSA) is 49.4 Å². The van der Waals surface area contributed by atoms with Crippen LogP contribution in [0, 0.1) is 0 Å². The fourth-order valence-electron chi connectivity index (χ4n) is 2.27. The van der Waals surface area contributed by atoms with Crippen molar-refractivity contribution in [3.63, 3.8) is 0 Å². The molecule has 0 aliphatic rings. The molecular weight excluding hydrogens is 264 g/mol. The molecule has 4 heteroatoms. The summed E-state index contributed by atoms with van der Waals surface area (Å²) in [5.74, 6) is -0.0468. The molecule has 0 spiro atoms. The normalized spacial score (nSPS) is 11.8. The highest BCUT2D eigenvalue weighted by Crippen LogP contribution is 2.13. The number of carbonyl (C=O) groups is 2. The van der Waals surface area contributed by atoms with Crippen molar-refractivity contribution in [3.05, 3.63) is 35.9 Å². The molecule has 0 heterocycles. The third-order valence-corrected chi connectivity index (χ3v) is 3.43. The Balaban J connectivity index is 2.88. The molecule has 0 aliphatic heterocycles. The van der Waals surface area contributed by atoms with Gasteiger partial charge in [0, 0.05) is 19.5 Å². The first kappa shape index (κ1) is 17.2. The maximum absolute atomic E-state index is 12.3. The van der Waals surface area contributed by atoms with Crippen LogP contribution in [0.25, 0.3) is 0 Å². The number of amides is 2. The van der Waals surface area contributed by atoms with Crippen LogP contribution in [-0.4, -0.2) is 29.3 Å². The largest absolute Gasteiger partial charge is 0.354 e. The molecule has 0 aliphatic carbocycles. The quantitative estimate of drug-likeness (QED) is 0.800. The monoisotopic (exact) mass is 290 g/mol. The van der Waals surface area contributed by atoms with Crippen LogP contribution in [0.1, 0.15) is 45.6 Å². The Kier molecular flexibility index (Phi) is 7.51. The van der Waals surface area contributed by atoms with Crippen LogP contribution in [0.3, 0.4) is 0 Å². The summed E-state index contributed by atoms with van der Waals surface area (Å²) in [4.78, 5) is 26.2. The molecule has 0 aromatic heterocycles. The first-order valence-electron chi connectivity index (χ1n) is 7.75. The molecule has 0 saturated carbocycles. The minimum absolute atomic E-state index is 0.0114. The minimum Gasteiger partial charge on any atom is -0.354 e. The number of hydrogen-bond donors (Lipinski definition) is 1. The highest BCUT2D eigenvalue weighted by molar-refractivity contribution is 5.87. The lowest BCUT2D eigenvalue weighted by atomic mass is 10.1. The van der Waals surface area contributed by atoms with Gasteiger partial charge < -0.3 is 10.2 Å². The Morgan fingerprint density at radius 1 is 1.14 bits per heavy atom. The maximum atomic E-state index is 12.3. The standard InChI is InChI=1S/C17H26N2O2/c1-4-12-18-17(21)15(5-2)19(16(20)6-3)13-14-10-8-7-9-11-14/h7-11,15H,4-6,12-13H2,1-3H3,(H,18,21)/t15-/m1/s1. The molecule has 1 aromatic carbocycles. The smallest absolute Gasteiger partial charge is 0.242 e. The van der Waals surface area contributed by atoms with Crippen molar-refractivity contribution in [2.75, 3.05) is 6.54 Å².